The second kappa shape index (κ2) is 2.85. The number of halogens is 1. The number of hydrogen-bond acceptors (Lipinski definition) is 1. The van der Waals surface area contributed by atoms with E-state index >= 15 is 0 Å². The molecule has 1 rings (SSSR count). The summed E-state index contributed by atoms with van der Waals surface area (Å²) >= 11 is 0. The molecule has 4 heteroatoms. The number of rotatable bonds is 0. The normalized spacial score (nSPS) is 32.1. The van der Waals surface area contributed by atoms with Crippen LogP contribution in [0.15, 0.2) is 5.21 Å². The van der Waals surface area contributed by atoms with Crippen LogP contribution in [-0.4, -0.2) is 20.2 Å². The van der Waals surface area contributed by atoms with Crippen molar-refractivity contribution in [3.63, 3.8) is 0 Å². The highest BCUT2D eigenvalue weighted by Gasteiger charge is 2.14. The zero-order chi connectivity index (χ0) is 6.69. The minimum Gasteiger partial charge on any atom is -0.372 e. The molecule has 1 fully saturated rings. The van der Waals surface area contributed by atoms with Crippen molar-refractivity contribution in [3.05, 3.63) is 0 Å². The van der Waals surface area contributed by atoms with Gasteiger partial charge in [-0.1, -0.05) is 9.70 Å². The van der Waals surface area contributed by atoms with Crippen LogP contribution < -0.4 is 5.32 Å². The molecule has 1 aliphatic rings. The van der Waals surface area contributed by atoms with Gasteiger partial charge in [-0.15, -0.1) is 0 Å². The van der Waals surface area contributed by atoms with E-state index in [4.69, 9.17) is 0 Å². The van der Waals surface area contributed by atoms with Crippen molar-refractivity contribution in [1.29, 1.82) is 0 Å². The van der Waals surface area contributed by atoms with Gasteiger partial charge in [0.25, 0.3) is 0 Å². The molecule has 1 saturated heterocycles. The lowest BCUT2D eigenvalue weighted by Crippen LogP contribution is -2.33. The lowest BCUT2D eigenvalue weighted by atomic mass is 9.80. The van der Waals surface area contributed by atoms with Gasteiger partial charge in [0.05, 0.1) is 0 Å². The summed E-state index contributed by atoms with van der Waals surface area (Å²) in [6, 6.07) is 0. The van der Waals surface area contributed by atoms with Crippen LogP contribution in [-0.2, 0) is 0 Å². The van der Waals surface area contributed by atoms with E-state index in [9.17, 15) is 4.48 Å². The first kappa shape index (κ1) is 6.58. The Morgan fingerprint density at radius 3 is 3.00 bits per heavy atom. The second-order valence-corrected chi connectivity index (χ2v) is 2.44. The van der Waals surface area contributed by atoms with Gasteiger partial charge >= 0.3 is 0 Å². The fourth-order valence-electron chi connectivity index (χ4n) is 1.05. The quantitative estimate of drug-likeness (QED) is 0.459. The largest absolute Gasteiger partial charge is 0.372 e. The fraction of sp³-hybridized carbons (Fsp3) is 0.800. The van der Waals surface area contributed by atoms with E-state index in [2.05, 4.69) is 10.5 Å². The summed E-state index contributed by atoms with van der Waals surface area (Å²) in [4.78, 5) is 0. The molecule has 9 heavy (non-hydrogen) atoms. The molecule has 0 radical (unpaired) electrons. The first-order valence-electron chi connectivity index (χ1n) is 3.27. The molecule has 1 heterocycles. The molecule has 0 bridgehead atoms. The third kappa shape index (κ3) is 1.43. The van der Waals surface area contributed by atoms with Crippen molar-refractivity contribution in [1.82, 2.24) is 5.32 Å². The van der Waals surface area contributed by atoms with Crippen LogP contribution in [0.3, 0.4) is 0 Å². The Hall–Kier alpha value is -0.535. The maximum absolute atomic E-state index is 11.7. The Kier molecular flexibility index (Phi) is 2.08. The van der Waals surface area contributed by atoms with Crippen LogP contribution in [0.2, 0.25) is 5.82 Å². The summed E-state index contributed by atoms with van der Waals surface area (Å²) in [5.41, 5.74) is 0. The molecule has 1 unspecified atom stereocenters. The van der Waals surface area contributed by atoms with Crippen LogP contribution in [0.5, 0.6) is 0 Å². The van der Waals surface area contributed by atoms with E-state index in [1.165, 1.54) is 0 Å². The van der Waals surface area contributed by atoms with Crippen molar-refractivity contribution in [3.8, 4) is 0 Å². The molecule has 0 spiro atoms. The van der Waals surface area contributed by atoms with Crippen molar-refractivity contribution in [2.45, 2.75) is 18.7 Å². The van der Waals surface area contributed by atoms with E-state index in [0.717, 1.165) is 19.4 Å². The van der Waals surface area contributed by atoms with Gasteiger partial charge in [0, 0.05) is 6.54 Å². The lowest BCUT2D eigenvalue weighted by molar-refractivity contribution is 0.517. The van der Waals surface area contributed by atoms with E-state index < -0.39 is 0 Å². The Bertz CT molecular complexity index is 126. The summed E-state index contributed by atoms with van der Waals surface area (Å²) in [7, 11) is 1.98. The molecular weight excluding hydrogens is 118 g/mol. The average Bonchev–Trinajstić information content (AvgIpc) is 1.89. The van der Waals surface area contributed by atoms with E-state index in [0.29, 0.717) is 5.84 Å². The van der Waals surface area contributed by atoms with Crippen LogP contribution in [0.1, 0.15) is 12.8 Å². The highest BCUT2D eigenvalue weighted by atomic mass is 19.2. The Balaban J connectivity index is 2.49. The van der Waals surface area contributed by atoms with Gasteiger partial charge in [0.15, 0.2) is 0 Å². The maximum atomic E-state index is 11.7. The topological polar surface area (TPSA) is 24.4 Å². The highest BCUT2D eigenvalue weighted by molar-refractivity contribution is 6.25. The van der Waals surface area contributed by atoms with Gasteiger partial charge in [-0.3, -0.25) is 0 Å². The average molecular weight is 128 g/mol. The SMILES string of the molecule is BC1CCCN/C1=N/F. The number of nitrogens with one attached hydrogen (secondary N) is 1. The third-order valence-electron chi connectivity index (χ3n) is 1.68. The predicted octanol–water partition coefficient (Wildman–Crippen LogP) is 0.0744. The monoisotopic (exact) mass is 128 g/mol. The van der Waals surface area contributed by atoms with Gasteiger partial charge < -0.3 is 5.32 Å². The molecule has 1 N–H and O–H groups in total. The van der Waals surface area contributed by atoms with E-state index in [-0.39, 0.29) is 5.82 Å². The minimum atomic E-state index is 0.281. The molecule has 0 aromatic rings. The van der Waals surface area contributed by atoms with Crippen molar-refractivity contribution >= 4 is 13.7 Å². The molecule has 0 aliphatic carbocycles. The first-order valence-corrected chi connectivity index (χ1v) is 3.27. The first-order chi connectivity index (χ1) is 4.34. The van der Waals surface area contributed by atoms with Gasteiger partial charge in [-0.25, -0.2) is 0 Å². The van der Waals surface area contributed by atoms with Crippen molar-refractivity contribution in [2.24, 2.45) is 5.21 Å². The van der Waals surface area contributed by atoms with E-state index in [1.807, 2.05) is 7.85 Å². The zero-order valence-electron chi connectivity index (χ0n) is 5.52. The van der Waals surface area contributed by atoms with Gasteiger partial charge in [0.2, 0.25) is 0 Å². The lowest BCUT2D eigenvalue weighted by Gasteiger charge is -2.19. The van der Waals surface area contributed by atoms with Gasteiger partial charge in [0.1, 0.15) is 13.7 Å². The number of piperidine rings is 1. The summed E-state index contributed by atoms with van der Waals surface area (Å²) in [5.74, 6) is 0.796. The van der Waals surface area contributed by atoms with Crippen molar-refractivity contribution < 1.29 is 4.48 Å². The Morgan fingerprint density at radius 2 is 2.56 bits per heavy atom. The van der Waals surface area contributed by atoms with Crippen LogP contribution in [0.25, 0.3) is 0 Å². The number of hydrogen-bond donors (Lipinski definition) is 1. The smallest absolute Gasteiger partial charge is 0.130 e. The third-order valence-corrected chi connectivity index (χ3v) is 1.68. The molecule has 0 aromatic heterocycles. The van der Waals surface area contributed by atoms with Gasteiger partial charge in [-0.2, -0.15) is 0 Å². The Morgan fingerprint density at radius 1 is 1.78 bits per heavy atom. The second-order valence-electron chi connectivity index (χ2n) is 2.44. The standard InChI is InChI=1S/C5H10BFN2/c6-4-2-1-3-8-5(4)9-7/h4H,1-3,6H2,(H,8,9). The molecule has 2 nitrogen and oxygen atoms in total. The number of nitrogens with zero attached hydrogens (tertiary/aromatic N) is 1. The van der Waals surface area contributed by atoms with Crippen LogP contribution in [0.4, 0.5) is 4.48 Å². The Labute approximate surface area is 54.9 Å². The molecule has 1 aliphatic heterocycles. The summed E-state index contributed by atoms with van der Waals surface area (Å²) in [6.45, 7) is 0.868. The van der Waals surface area contributed by atoms with E-state index in [1.54, 1.807) is 0 Å². The fourth-order valence-corrected chi connectivity index (χ4v) is 1.05. The minimum absolute atomic E-state index is 0.281. The van der Waals surface area contributed by atoms with Crippen LogP contribution in [0, 0.1) is 0 Å². The zero-order valence-corrected chi connectivity index (χ0v) is 5.52. The molecule has 50 valence electrons. The van der Waals surface area contributed by atoms with Crippen molar-refractivity contribution in [2.75, 3.05) is 6.54 Å². The number of amidine groups is 1. The molecule has 0 amide bonds. The summed E-state index contributed by atoms with van der Waals surface area (Å²) in [5, 5.41) is 5.53. The summed E-state index contributed by atoms with van der Waals surface area (Å²) < 4.78 is 11.7. The molecule has 0 saturated carbocycles. The molecular formula is C5H10BFN2. The molecule has 0 aromatic carbocycles. The van der Waals surface area contributed by atoms with Gasteiger partial charge in [-0.05, 0) is 18.7 Å². The molecule has 1 atom stereocenters. The maximum Gasteiger partial charge on any atom is 0.130 e. The van der Waals surface area contributed by atoms with Crippen LogP contribution >= 0.6 is 0 Å². The summed E-state index contributed by atoms with van der Waals surface area (Å²) in [6.07, 6.45) is 2.18. The highest BCUT2D eigenvalue weighted by Crippen LogP contribution is 2.13. The predicted molar refractivity (Wildman–Crippen MR) is 38.1 cm³/mol.